The van der Waals surface area contributed by atoms with E-state index in [0.29, 0.717) is 31.7 Å². The number of ether oxygens (including phenoxy) is 2. The smallest absolute Gasteiger partial charge is 0.175 e. The number of nitrogens with one attached hydrogen (secondary N) is 1. The Balaban J connectivity index is 1.15. The number of aryl methyl sites for hydroxylation is 2. The number of hydrogen-bond acceptors (Lipinski definition) is 8. The van der Waals surface area contributed by atoms with Crippen LogP contribution in [0.5, 0.6) is 11.5 Å². The first-order valence-corrected chi connectivity index (χ1v) is 17.0. The lowest BCUT2D eigenvalue weighted by Gasteiger charge is -2.23. The molecule has 1 aliphatic heterocycles. The normalized spacial score (nSPS) is 15.8. The number of rotatable bonds is 10. The molecular formula is C33H34N4O4S2. The maximum atomic E-state index is 11.8. The molecule has 3 heterocycles. The Morgan fingerprint density at radius 1 is 1.05 bits per heavy atom. The second kappa shape index (κ2) is 12.3. The van der Waals surface area contributed by atoms with Gasteiger partial charge < -0.3 is 9.47 Å². The largest absolute Gasteiger partial charge is 0.490 e. The van der Waals surface area contributed by atoms with E-state index in [1.807, 2.05) is 24.3 Å². The Morgan fingerprint density at radius 3 is 2.51 bits per heavy atom. The average molecular weight is 615 g/mol. The third-order valence-electron chi connectivity index (χ3n) is 7.99. The number of nitrogens with zero attached hydrogens (tertiary/aromatic N) is 3. The van der Waals surface area contributed by atoms with Gasteiger partial charge in [0.05, 0.1) is 11.5 Å². The van der Waals surface area contributed by atoms with Crippen molar-refractivity contribution in [1.29, 1.82) is 0 Å². The van der Waals surface area contributed by atoms with Crippen LogP contribution in [0.25, 0.3) is 21.2 Å². The Morgan fingerprint density at radius 2 is 1.81 bits per heavy atom. The molecule has 1 unspecified atom stereocenters. The van der Waals surface area contributed by atoms with Crippen molar-refractivity contribution in [2.45, 2.75) is 51.7 Å². The van der Waals surface area contributed by atoms with Crippen molar-refractivity contribution >= 4 is 31.3 Å². The van der Waals surface area contributed by atoms with Crippen LogP contribution < -0.4 is 9.47 Å². The molecule has 1 saturated heterocycles. The molecule has 6 rings (SSSR count). The van der Waals surface area contributed by atoms with Gasteiger partial charge in [0.1, 0.15) is 24.2 Å². The molecule has 0 spiro atoms. The van der Waals surface area contributed by atoms with Crippen molar-refractivity contribution in [2.24, 2.45) is 0 Å². The van der Waals surface area contributed by atoms with Crippen LogP contribution in [0.2, 0.25) is 0 Å². The first-order chi connectivity index (χ1) is 20.8. The van der Waals surface area contributed by atoms with Gasteiger partial charge in [-0.05, 0) is 85.3 Å². The van der Waals surface area contributed by atoms with Gasteiger partial charge in [-0.1, -0.05) is 35.6 Å². The Labute approximate surface area is 255 Å². The van der Waals surface area contributed by atoms with Crippen LogP contribution in [0.4, 0.5) is 0 Å². The number of aromatic amines is 1. The van der Waals surface area contributed by atoms with Crippen molar-refractivity contribution in [3.8, 4) is 22.6 Å². The van der Waals surface area contributed by atoms with Crippen LogP contribution in [0.3, 0.4) is 0 Å². The molecule has 5 aromatic rings. The van der Waals surface area contributed by atoms with E-state index in [-0.39, 0.29) is 23.5 Å². The van der Waals surface area contributed by atoms with E-state index in [9.17, 15) is 8.42 Å². The van der Waals surface area contributed by atoms with E-state index in [4.69, 9.17) is 9.47 Å². The minimum absolute atomic E-state index is 0.0589. The molecular weight excluding hydrogens is 581 g/mol. The predicted octanol–water partition coefficient (Wildman–Crippen LogP) is 6.75. The van der Waals surface area contributed by atoms with E-state index >= 15 is 0 Å². The molecule has 8 nitrogen and oxygen atoms in total. The number of hydrogen-bond donors (Lipinski definition) is 1. The highest BCUT2D eigenvalue weighted by atomic mass is 32.2. The van der Waals surface area contributed by atoms with Crippen LogP contribution in [0, 0.1) is 13.8 Å². The summed E-state index contributed by atoms with van der Waals surface area (Å²) >= 11 is 1.79. The van der Waals surface area contributed by atoms with Gasteiger partial charge in [0.15, 0.2) is 15.7 Å². The number of thiophene rings is 1. The van der Waals surface area contributed by atoms with E-state index in [2.05, 4.69) is 83.5 Å². The number of H-pyrrole nitrogens is 1. The molecule has 1 N–H and O–H groups in total. The summed E-state index contributed by atoms with van der Waals surface area (Å²) in [6.45, 7) is 8.70. The number of tetrazole rings is 1. The van der Waals surface area contributed by atoms with Gasteiger partial charge in [0.25, 0.3) is 0 Å². The second-order valence-corrected chi connectivity index (χ2v) is 14.6. The first kappa shape index (κ1) is 29.1. The van der Waals surface area contributed by atoms with Crippen LogP contribution in [-0.4, -0.2) is 46.7 Å². The minimum atomic E-state index is -2.91. The lowest BCUT2D eigenvalue weighted by molar-refractivity contribution is 0.189. The van der Waals surface area contributed by atoms with Crippen LogP contribution in [0.1, 0.15) is 46.2 Å². The molecule has 43 heavy (non-hydrogen) atoms. The summed E-state index contributed by atoms with van der Waals surface area (Å²) in [4.78, 5) is 1.26. The summed E-state index contributed by atoms with van der Waals surface area (Å²) in [7, 11) is -2.91. The number of benzene rings is 3. The third kappa shape index (κ3) is 6.65. The molecule has 10 heteroatoms. The molecule has 0 aliphatic carbocycles. The molecule has 1 aliphatic rings. The monoisotopic (exact) mass is 614 g/mol. The van der Waals surface area contributed by atoms with E-state index in [1.165, 1.54) is 26.1 Å². The van der Waals surface area contributed by atoms with Gasteiger partial charge in [-0.25, -0.2) is 8.42 Å². The second-order valence-electron chi connectivity index (χ2n) is 11.0. The van der Waals surface area contributed by atoms with Gasteiger partial charge in [-0.15, -0.1) is 28.1 Å². The Hall–Kier alpha value is -4.02. The zero-order valence-electron chi connectivity index (χ0n) is 24.2. The first-order valence-electron chi connectivity index (χ1n) is 14.4. The third-order valence-corrected chi connectivity index (χ3v) is 10.8. The summed E-state index contributed by atoms with van der Waals surface area (Å²) in [5.41, 5.74) is 5.75. The molecule has 222 valence electrons. The summed E-state index contributed by atoms with van der Waals surface area (Å²) in [5.74, 6) is 2.73. The Bertz CT molecular complexity index is 1830. The fourth-order valence-electron chi connectivity index (χ4n) is 5.64. The van der Waals surface area contributed by atoms with Crippen LogP contribution in [0.15, 0.2) is 73.3 Å². The number of aromatic nitrogens is 4. The van der Waals surface area contributed by atoms with Gasteiger partial charge in [-0.3, -0.25) is 0 Å². The number of fused-ring (bicyclic) bond motifs is 1. The van der Waals surface area contributed by atoms with Gasteiger partial charge >= 0.3 is 0 Å². The highest BCUT2D eigenvalue weighted by Gasteiger charge is 2.25. The molecule has 0 saturated carbocycles. The lowest BCUT2D eigenvalue weighted by Crippen LogP contribution is -2.30. The van der Waals surface area contributed by atoms with Gasteiger partial charge in [-0.2, -0.15) is 5.21 Å². The maximum Gasteiger partial charge on any atom is 0.175 e. The zero-order chi connectivity index (χ0) is 30.0. The predicted molar refractivity (Wildman–Crippen MR) is 171 cm³/mol. The van der Waals surface area contributed by atoms with E-state index in [0.717, 1.165) is 28.2 Å². The Kier molecular flexibility index (Phi) is 8.32. The van der Waals surface area contributed by atoms with Crippen LogP contribution >= 0.6 is 11.3 Å². The molecule has 0 amide bonds. The SMILES string of the molecule is C=CC(Cc1nn[nH]n1)c1ccc(OCc2ccc3sc(C)c(-c4ccc(OC5CCS(=O)(=O)CC5)cc4C)c3c2)cc1. The zero-order valence-corrected chi connectivity index (χ0v) is 25.9. The van der Waals surface area contributed by atoms with Crippen molar-refractivity contribution < 1.29 is 17.9 Å². The lowest BCUT2D eigenvalue weighted by atomic mass is 9.95. The average Bonchev–Trinajstić information content (AvgIpc) is 3.63. The van der Waals surface area contributed by atoms with E-state index in [1.54, 1.807) is 11.3 Å². The standard InChI is InChI=1S/C33H34N4O4S2/c1-4-24(19-32-34-36-37-35-32)25-6-8-26(9-7-25)40-20-23-5-12-31-30(18-23)33(22(3)42-31)29-11-10-28(17-21(29)2)41-27-13-15-43(38,39)16-14-27/h4-12,17-18,24,27H,1,13-16,19-20H2,2-3H3,(H,34,35,36,37). The molecule has 1 atom stereocenters. The van der Waals surface area contributed by atoms with E-state index < -0.39 is 9.84 Å². The molecule has 3 aromatic carbocycles. The molecule has 0 bridgehead atoms. The summed E-state index contributed by atoms with van der Waals surface area (Å²) in [6.07, 6.45) is 3.56. The number of sulfone groups is 1. The quantitative estimate of drug-likeness (QED) is 0.174. The molecule has 2 aromatic heterocycles. The fourth-order valence-corrected chi connectivity index (χ4v) is 8.15. The fraction of sp³-hybridized carbons (Fsp3) is 0.303. The number of allylic oxidation sites excluding steroid dienone is 1. The minimum Gasteiger partial charge on any atom is -0.490 e. The summed E-state index contributed by atoms with van der Waals surface area (Å²) in [6, 6.07) is 20.8. The molecule has 1 fully saturated rings. The summed E-state index contributed by atoms with van der Waals surface area (Å²) in [5, 5.41) is 15.4. The van der Waals surface area contributed by atoms with Gasteiger partial charge in [0, 0.05) is 32.9 Å². The molecule has 0 radical (unpaired) electrons. The maximum absolute atomic E-state index is 11.8. The van der Waals surface area contributed by atoms with Crippen molar-refractivity contribution in [3.63, 3.8) is 0 Å². The topological polar surface area (TPSA) is 107 Å². The van der Waals surface area contributed by atoms with Crippen LogP contribution in [-0.2, 0) is 22.9 Å². The highest BCUT2D eigenvalue weighted by Crippen LogP contribution is 2.41. The van der Waals surface area contributed by atoms with Crippen molar-refractivity contribution in [1.82, 2.24) is 20.6 Å². The van der Waals surface area contributed by atoms with Gasteiger partial charge in [0.2, 0.25) is 0 Å². The van der Waals surface area contributed by atoms with Crippen molar-refractivity contribution in [3.05, 3.63) is 101 Å². The van der Waals surface area contributed by atoms with Crippen molar-refractivity contribution in [2.75, 3.05) is 11.5 Å². The highest BCUT2D eigenvalue weighted by molar-refractivity contribution is 7.91. The summed E-state index contributed by atoms with van der Waals surface area (Å²) < 4.78 is 37.1.